The summed E-state index contributed by atoms with van der Waals surface area (Å²) in [6, 6.07) is 6.26. The lowest BCUT2D eigenvalue weighted by Gasteiger charge is -2.22. The summed E-state index contributed by atoms with van der Waals surface area (Å²) in [5, 5.41) is 11.6. The Hall–Kier alpha value is -2.57. The molecule has 2 atom stereocenters. The Balaban J connectivity index is 2.07. The molecule has 0 radical (unpaired) electrons. The first kappa shape index (κ1) is 16.8. The number of rotatable bonds is 5. The van der Waals surface area contributed by atoms with E-state index in [9.17, 15) is 14.4 Å². The largest absolute Gasteiger partial charge is 0.481 e. The van der Waals surface area contributed by atoms with Gasteiger partial charge in [0.2, 0.25) is 5.91 Å². The van der Waals surface area contributed by atoms with Crippen LogP contribution in [0.4, 0.5) is 4.79 Å². The van der Waals surface area contributed by atoms with Crippen LogP contribution in [0.2, 0.25) is 0 Å². The first-order valence-electron chi connectivity index (χ1n) is 7.50. The number of nitrogens with one attached hydrogen (secondary N) is 1. The Morgan fingerprint density at radius 1 is 1.43 bits per heavy atom. The number of amides is 3. The maximum atomic E-state index is 12.4. The van der Waals surface area contributed by atoms with Gasteiger partial charge in [-0.3, -0.25) is 9.59 Å². The Labute approximate surface area is 134 Å². The topological polar surface area (TPSA) is 113 Å². The molecule has 1 aromatic rings. The summed E-state index contributed by atoms with van der Waals surface area (Å²) in [5.74, 6) is -1.58. The van der Waals surface area contributed by atoms with Gasteiger partial charge >= 0.3 is 12.0 Å². The van der Waals surface area contributed by atoms with E-state index in [1.54, 1.807) is 0 Å². The smallest absolute Gasteiger partial charge is 0.312 e. The number of carbonyl (C=O) groups excluding carboxylic acids is 2. The van der Waals surface area contributed by atoms with Crippen molar-refractivity contribution in [3.05, 3.63) is 35.4 Å². The molecular weight excluding hydrogens is 298 g/mol. The number of nitrogens with zero attached hydrogens (tertiary/aromatic N) is 1. The van der Waals surface area contributed by atoms with E-state index in [0.717, 1.165) is 11.1 Å². The Kier molecular flexibility index (Phi) is 5.20. The highest BCUT2D eigenvalue weighted by Gasteiger charge is 2.32. The predicted octanol–water partition coefficient (Wildman–Crippen LogP) is 1.03. The van der Waals surface area contributed by atoms with Crippen LogP contribution in [0.5, 0.6) is 0 Å². The second-order valence-electron chi connectivity index (χ2n) is 5.84. The second kappa shape index (κ2) is 7.13. The fourth-order valence-electron chi connectivity index (χ4n) is 2.80. The van der Waals surface area contributed by atoms with Gasteiger partial charge in [0.1, 0.15) is 0 Å². The zero-order valence-corrected chi connectivity index (χ0v) is 13.0. The summed E-state index contributed by atoms with van der Waals surface area (Å²) in [6.07, 6.45) is 0.512. The highest BCUT2D eigenvalue weighted by molar-refractivity contribution is 5.80. The normalized spacial score (nSPS) is 18.5. The summed E-state index contributed by atoms with van der Waals surface area (Å²) in [4.78, 5) is 36.1. The van der Waals surface area contributed by atoms with Crippen molar-refractivity contribution in [3.63, 3.8) is 0 Å². The van der Waals surface area contributed by atoms with Crippen LogP contribution in [0, 0.1) is 12.8 Å². The van der Waals surface area contributed by atoms with Gasteiger partial charge in [-0.05, 0) is 18.9 Å². The van der Waals surface area contributed by atoms with Crippen LogP contribution in [0.1, 0.15) is 30.0 Å². The van der Waals surface area contributed by atoms with Crippen LogP contribution in [0.3, 0.4) is 0 Å². The monoisotopic (exact) mass is 319 g/mol. The lowest BCUT2D eigenvalue weighted by Crippen LogP contribution is -2.38. The molecular formula is C16H21N3O4. The molecule has 23 heavy (non-hydrogen) atoms. The van der Waals surface area contributed by atoms with Crippen LogP contribution in [0.25, 0.3) is 0 Å². The van der Waals surface area contributed by atoms with Crippen LogP contribution < -0.4 is 11.1 Å². The number of primary amides is 1. The summed E-state index contributed by atoms with van der Waals surface area (Å²) in [5.41, 5.74) is 7.02. The van der Waals surface area contributed by atoms with Crippen LogP contribution in [-0.4, -0.2) is 41.0 Å². The third kappa shape index (κ3) is 4.45. The number of urea groups is 1. The van der Waals surface area contributed by atoms with Gasteiger partial charge in [-0.25, -0.2) is 4.79 Å². The molecule has 2 rings (SSSR count). The average Bonchev–Trinajstić information content (AvgIpc) is 2.96. The highest BCUT2D eigenvalue weighted by Crippen LogP contribution is 2.22. The van der Waals surface area contributed by atoms with Gasteiger partial charge < -0.3 is 21.1 Å². The van der Waals surface area contributed by atoms with Crippen molar-refractivity contribution in [2.75, 3.05) is 13.1 Å². The molecule has 124 valence electrons. The lowest BCUT2D eigenvalue weighted by atomic mass is 10.0. The highest BCUT2D eigenvalue weighted by atomic mass is 16.4. The van der Waals surface area contributed by atoms with E-state index in [1.807, 2.05) is 31.2 Å². The number of likely N-dealkylation sites (tertiary alicyclic amines) is 1. The summed E-state index contributed by atoms with van der Waals surface area (Å²) in [7, 11) is 0. The minimum absolute atomic E-state index is 0.0543. The molecule has 1 fully saturated rings. The fourth-order valence-corrected chi connectivity index (χ4v) is 2.80. The summed E-state index contributed by atoms with van der Waals surface area (Å²) < 4.78 is 0. The van der Waals surface area contributed by atoms with Crippen LogP contribution in [0.15, 0.2) is 24.3 Å². The third-order valence-electron chi connectivity index (χ3n) is 4.03. The maximum Gasteiger partial charge on any atom is 0.312 e. The molecule has 1 heterocycles. The third-order valence-corrected chi connectivity index (χ3v) is 4.03. The molecule has 0 aromatic heterocycles. The molecule has 0 unspecified atom stereocenters. The van der Waals surface area contributed by atoms with Crippen molar-refractivity contribution in [2.24, 2.45) is 11.7 Å². The molecule has 3 amide bonds. The van der Waals surface area contributed by atoms with Crippen molar-refractivity contribution < 1.29 is 19.5 Å². The zero-order valence-electron chi connectivity index (χ0n) is 13.0. The Bertz CT molecular complexity index is 617. The van der Waals surface area contributed by atoms with Crippen LogP contribution >= 0.6 is 0 Å². The first-order chi connectivity index (χ1) is 10.9. The van der Waals surface area contributed by atoms with Gasteiger partial charge in [0, 0.05) is 13.1 Å². The van der Waals surface area contributed by atoms with Crippen LogP contribution in [-0.2, 0) is 9.59 Å². The van der Waals surface area contributed by atoms with E-state index in [1.165, 1.54) is 4.90 Å². The van der Waals surface area contributed by atoms with Gasteiger partial charge in [-0.15, -0.1) is 0 Å². The molecule has 1 aromatic carbocycles. The molecule has 0 spiro atoms. The van der Waals surface area contributed by atoms with E-state index < -0.39 is 24.0 Å². The van der Waals surface area contributed by atoms with Gasteiger partial charge in [-0.1, -0.05) is 29.8 Å². The average molecular weight is 319 g/mol. The van der Waals surface area contributed by atoms with Gasteiger partial charge in [-0.2, -0.15) is 0 Å². The molecule has 7 nitrogen and oxygen atoms in total. The van der Waals surface area contributed by atoms with Crippen molar-refractivity contribution in [1.29, 1.82) is 0 Å². The summed E-state index contributed by atoms with van der Waals surface area (Å²) in [6.45, 7) is 2.56. The van der Waals surface area contributed by atoms with Crippen molar-refractivity contribution in [3.8, 4) is 0 Å². The minimum atomic E-state index is -0.884. The minimum Gasteiger partial charge on any atom is -0.481 e. The standard InChI is InChI=1S/C16H21N3O4/c1-10-3-2-4-11(7-10)13(18-16(17)23)8-14(20)19-6-5-12(9-19)15(21)22/h2-4,7,12-13H,5-6,8-9H2,1H3,(H,21,22)(H3,17,18,23)/t12-,13-/m1/s1. The number of aliphatic carboxylic acids is 1. The molecule has 4 N–H and O–H groups in total. The lowest BCUT2D eigenvalue weighted by molar-refractivity contribution is -0.141. The number of hydrogen-bond donors (Lipinski definition) is 3. The van der Waals surface area contributed by atoms with Gasteiger partial charge in [0.05, 0.1) is 18.4 Å². The van der Waals surface area contributed by atoms with Crippen molar-refractivity contribution >= 4 is 17.9 Å². The Morgan fingerprint density at radius 3 is 2.74 bits per heavy atom. The number of benzene rings is 1. The SMILES string of the molecule is Cc1cccc([C@@H](CC(=O)N2CC[C@@H](C(=O)O)C2)NC(N)=O)c1. The molecule has 1 aliphatic heterocycles. The number of hydrogen-bond acceptors (Lipinski definition) is 3. The number of carboxylic acids is 1. The summed E-state index contributed by atoms with van der Waals surface area (Å²) >= 11 is 0. The molecule has 0 saturated carbocycles. The molecule has 0 aliphatic carbocycles. The number of carboxylic acid groups (broad SMARTS) is 1. The fraction of sp³-hybridized carbons (Fsp3) is 0.438. The number of nitrogens with two attached hydrogens (primary N) is 1. The van der Waals surface area contributed by atoms with Crippen molar-refractivity contribution in [2.45, 2.75) is 25.8 Å². The van der Waals surface area contributed by atoms with Gasteiger partial charge in [0.25, 0.3) is 0 Å². The number of carbonyl (C=O) groups is 3. The predicted molar refractivity (Wildman–Crippen MR) is 83.6 cm³/mol. The molecule has 0 bridgehead atoms. The Morgan fingerprint density at radius 2 is 2.17 bits per heavy atom. The van der Waals surface area contributed by atoms with E-state index in [2.05, 4.69) is 5.32 Å². The van der Waals surface area contributed by atoms with E-state index in [0.29, 0.717) is 13.0 Å². The quantitative estimate of drug-likeness (QED) is 0.752. The zero-order chi connectivity index (χ0) is 17.0. The first-order valence-corrected chi connectivity index (χ1v) is 7.50. The molecule has 1 aliphatic rings. The van der Waals surface area contributed by atoms with Gasteiger partial charge in [0.15, 0.2) is 0 Å². The molecule has 1 saturated heterocycles. The van der Waals surface area contributed by atoms with E-state index in [4.69, 9.17) is 10.8 Å². The van der Waals surface area contributed by atoms with Crippen molar-refractivity contribution in [1.82, 2.24) is 10.2 Å². The second-order valence-corrected chi connectivity index (χ2v) is 5.84. The maximum absolute atomic E-state index is 12.4. The van der Waals surface area contributed by atoms with E-state index in [-0.39, 0.29) is 18.9 Å². The number of aryl methyl sites for hydroxylation is 1. The van der Waals surface area contributed by atoms with E-state index >= 15 is 0 Å². The molecule has 7 heteroatoms.